The zero-order valence-corrected chi connectivity index (χ0v) is 12.6. The lowest BCUT2D eigenvalue weighted by Gasteiger charge is -2.31. The van der Waals surface area contributed by atoms with Gasteiger partial charge in [-0.25, -0.2) is 4.79 Å². The molecule has 0 bridgehead atoms. The van der Waals surface area contributed by atoms with Crippen LogP contribution >= 0.6 is 0 Å². The van der Waals surface area contributed by atoms with Gasteiger partial charge in [-0.3, -0.25) is 9.69 Å². The van der Waals surface area contributed by atoms with E-state index in [1.165, 1.54) is 9.80 Å². The molecule has 0 aliphatic heterocycles. The monoisotopic (exact) mass is 294 g/mol. The number of para-hydroxylation sites is 1. The third-order valence-electron chi connectivity index (χ3n) is 2.80. The second-order valence-electron chi connectivity index (χ2n) is 5.58. The van der Waals surface area contributed by atoms with Crippen molar-refractivity contribution in [3.05, 3.63) is 30.3 Å². The van der Waals surface area contributed by atoms with Gasteiger partial charge in [-0.1, -0.05) is 18.2 Å². The lowest BCUT2D eigenvalue weighted by Crippen LogP contribution is -2.47. The highest BCUT2D eigenvalue weighted by Crippen LogP contribution is 2.16. The largest absolute Gasteiger partial charge is 0.481 e. The van der Waals surface area contributed by atoms with Gasteiger partial charge in [0, 0.05) is 19.3 Å². The van der Waals surface area contributed by atoms with Crippen LogP contribution in [0.25, 0.3) is 0 Å². The number of carbonyl (C=O) groups excluding carboxylic acids is 1. The maximum atomic E-state index is 12.5. The van der Waals surface area contributed by atoms with E-state index in [4.69, 9.17) is 5.11 Å². The highest BCUT2D eigenvalue weighted by atomic mass is 16.4. The molecule has 6 heteroatoms. The number of nitrogens with zero attached hydrogens (tertiary/aromatic N) is 2. The molecule has 0 aliphatic rings. The van der Waals surface area contributed by atoms with Gasteiger partial charge in [0.1, 0.15) is 0 Å². The molecule has 2 amide bonds. The fraction of sp³-hybridized carbons (Fsp3) is 0.467. The Hall–Kier alpha value is -2.08. The molecule has 0 saturated carbocycles. The van der Waals surface area contributed by atoms with Crippen LogP contribution in [0.2, 0.25) is 0 Å². The molecular formula is C15H22N2O4. The van der Waals surface area contributed by atoms with E-state index in [2.05, 4.69) is 0 Å². The lowest BCUT2D eigenvalue weighted by molar-refractivity contribution is -0.136. The van der Waals surface area contributed by atoms with Crippen molar-refractivity contribution in [2.75, 3.05) is 25.0 Å². The van der Waals surface area contributed by atoms with Crippen molar-refractivity contribution in [2.45, 2.75) is 25.9 Å². The fourth-order valence-electron chi connectivity index (χ4n) is 2.00. The topological polar surface area (TPSA) is 81.1 Å². The van der Waals surface area contributed by atoms with Gasteiger partial charge in [0.05, 0.1) is 18.6 Å². The number of anilines is 1. The van der Waals surface area contributed by atoms with Crippen molar-refractivity contribution < 1.29 is 19.8 Å². The zero-order valence-electron chi connectivity index (χ0n) is 12.6. The summed E-state index contributed by atoms with van der Waals surface area (Å²) in [5, 5.41) is 18.6. The lowest BCUT2D eigenvalue weighted by atomic mass is 10.1. The van der Waals surface area contributed by atoms with Gasteiger partial charge in [-0.2, -0.15) is 0 Å². The van der Waals surface area contributed by atoms with E-state index in [0.717, 1.165) is 0 Å². The minimum Gasteiger partial charge on any atom is -0.481 e. The van der Waals surface area contributed by atoms with Crippen LogP contribution < -0.4 is 4.90 Å². The Kier molecular flexibility index (Phi) is 5.72. The first-order valence-corrected chi connectivity index (χ1v) is 6.72. The second-order valence-corrected chi connectivity index (χ2v) is 5.58. The Labute approximate surface area is 124 Å². The third kappa shape index (κ3) is 5.83. The third-order valence-corrected chi connectivity index (χ3v) is 2.80. The Morgan fingerprint density at radius 3 is 2.24 bits per heavy atom. The van der Waals surface area contributed by atoms with E-state index in [9.17, 15) is 14.7 Å². The van der Waals surface area contributed by atoms with Gasteiger partial charge < -0.3 is 15.1 Å². The van der Waals surface area contributed by atoms with Gasteiger partial charge in [0.2, 0.25) is 0 Å². The standard InChI is InChI=1S/C15H22N2O4/c1-15(2,21)11-16(3)14(20)17(10-9-13(18)19)12-7-5-4-6-8-12/h4-8,21H,9-11H2,1-3H3,(H,18,19). The van der Waals surface area contributed by atoms with Gasteiger partial charge in [0.15, 0.2) is 0 Å². The number of likely N-dealkylation sites (N-methyl/N-ethyl adjacent to an activating group) is 1. The van der Waals surface area contributed by atoms with Gasteiger partial charge >= 0.3 is 12.0 Å². The van der Waals surface area contributed by atoms with E-state index in [-0.39, 0.29) is 25.5 Å². The molecule has 0 aromatic heterocycles. The van der Waals surface area contributed by atoms with Crippen molar-refractivity contribution in [3.63, 3.8) is 0 Å². The molecule has 0 radical (unpaired) electrons. The number of aliphatic carboxylic acids is 1. The molecule has 0 aliphatic carbocycles. The van der Waals surface area contributed by atoms with E-state index in [1.54, 1.807) is 45.2 Å². The van der Waals surface area contributed by atoms with E-state index >= 15 is 0 Å². The molecule has 6 nitrogen and oxygen atoms in total. The Morgan fingerprint density at radius 1 is 1.19 bits per heavy atom. The van der Waals surface area contributed by atoms with Crippen LogP contribution in [0.3, 0.4) is 0 Å². The van der Waals surface area contributed by atoms with Crippen LogP contribution in [-0.4, -0.2) is 52.9 Å². The summed E-state index contributed by atoms with van der Waals surface area (Å²) in [7, 11) is 1.58. The number of hydrogen-bond donors (Lipinski definition) is 2. The minimum absolute atomic E-state index is 0.0778. The van der Waals surface area contributed by atoms with Crippen molar-refractivity contribution in [1.29, 1.82) is 0 Å². The first-order valence-electron chi connectivity index (χ1n) is 6.72. The Bertz CT molecular complexity index is 482. The van der Waals surface area contributed by atoms with Crippen LogP contribution in [0, 0.1) is 0 Å². The molecule has 116 valence electrons. The zero-order chi connectivity index (χ0) is 16.0. The average molecular weight is 294 g/mol. The summed E-state index contributed by atoms with van der Waals surface area (Å²) in [5.41, 5.74) is -0.383. The molecule has 0 atom stereocenters. The molecule has 21 heavy (non-hydrogen) atoms. The number of hydrogen-bond acceptors (Lipinski definition) is 3. The SMILES string of the molecule is CN(CC(C)(C)O)C(=O)N(CCC(=O)O)c1ccccc1. The maximum absolute atomic E-state index is 12.5. The molecule has 1 aromatic carbocycles. The fourth-order valence-corrected chi connectivity index (χ4v) is 2.00. The summed E-state index contributed by atoms with van der Waals surface area (Å²) >= 11 is 0. The number of carboxylic acid groups (broad SMARTS) is 1. The molecule has 0 fully saturated rings. The van der Waals surface area contributed by atoms with E-state index < -0.39 is 11.6 Å². The number of amides is 2. The Balaban J connectivity index is 2.90. The van der Waals surface area contributed by atoms with Crippen LogP contribution in [0.4, 0.5) is 10.5 Å². The van der Waals surface area contributed by atoms with Crippen molar-refractivity contribution in [2.24, 2.45) is 0 Å². The van der Waals surface area contributed by atoms with Gasteiger partial charge in [-0.05, 0) is 26.0 Å². The van der Waals surface area contributed by atoms with Crippen LogP contribution in [0.5, 0.6) is 0 Å². The molecule has 1 rings (SSSR count). The van der Waals surface area contributed by atoms with Crippen molar-refractivity contribution in [1.82, 2.24) is 4.90 Å². The predicted octanol–water partition coefficient (Wildman–Crippen LogP) is 1.79. The maximum Gasteiger partial charge on any atom is 0.324 e. The molecule has 0 spiro atoms. The van der Waals surface area contributed by atoms with Gasteiger partial charge in [0.25, 0.3) is 0 Å². The quantitative estimate of drug-likeness (QED) is 0.838. The van der Waals surface area contributed by atoms with Crippen molar-refractivity contribution >= 4 is 17.7 Å². The van der Waals surface area contributed by atoms with Crippen LogP contribution in [0.1, 0.15) is 20.3 Å². The summed E-state index contributed by atoms with van der Waals surface area (Å²) in [4.78, 5) is 26.0. The van der Waals surface area contributed by atoms with E-state index in [0.29, 0.717) is 5.69 Å². The average Bonchev–Trinajstić information content (AvgIpc) is 2.37. The molecule has 1 aromatic rings. The molecule has 0 heterocycles. The Morgan fingerprint density at radius 2 is 1.76 bits per heavy atom. The summed E-state index contributed by atoms with van der Waals surface area (Å²) in [6.07, 6.45) is -0.142. The molecular weight excluding hydrogens is 272 g/mol. The number of benzene rings is 1. The summed E-state index contributed by atoms with van der Waals surface area (Å²) in [5.74, 6) is -0.964. The normalized spacial score (nSPS) is 11.0. The second kappa shape index (κ2) is 7.08. The highest BCUT2D eigenvalue weighted by molar-refractivity contribution is 5.92. The van der Waals surface area contributed by atoms with Gasteiger partial charge in [-0.15, -0.1) is 0 Å². The van der Waals surface area contributed by atoms with Crippen molar-refractivity contribution in [3.8, 4) is 0 Å². The number of rotatable bonds is 6. The number of aliphatic hydroxyl groups is 1. The number of carbonyl (C=O) groups is 2. The highest BCUT2D eigenvalue weighted by Gasteiger charge is 2.24. The molecule has 0 unspecified atom stereocenters. The first kappa shape index (κ1) is 17.0. The number of carboxylic acids is 1. The summed E-state index contributed by atoms with van der Waals surface area (Å²) in [6, 6.07) is 8.54. The summed E-state index contributed by atoms with van der Waals surface area (Å²) < 4.78 is 0. The predicted molar refractivity (Wildman–Crippen MR) is 80.4 cm³/mol. The van der Waals surface area contributed by atoms with Crippen LogP contribution in [-0.2, 0) is 4.79 Å². The summed E-state index contributed by atoms with van der Waals surface area (Å²) in [6.45, 7) is 3.46. The molecule has 2 N–H and O–H groups in total. The minimum atomic E-state index is -1.01. The smallest absolute Gasteiger partial charge is 0.324 e. The van der Waals surface area contributed by atoms with Crippen LogP contribution in [0.15, 0.2) is 30.3 Å². The first-order chi connectivity index (χ1) is 9.70. The van der Waals surface area contributed by atoms with E-state index in [1.807, 2.05) is 6.07 Å². The molecule has 0 saturated heterocycles. The number of urea groups is 1.